The van der Waals surface area contributed by atoms with E-state index < -0.39 is 0 Å². The molecular formula is C17H15ClO2S. The number of benzene rings is 2. The summed E-state index contributed by atoms with van der Waals surface area (Å²) in [7, 11) is 1.64. The molecule has 4 heteroatoms. The van der Waals surface area contributed by atoms with Crippen LogP contribution in [0.15, 0.2) is 47.8 Å². The Bertz CT molecular complexity index is 751. The molecule has 0 amide bonds. The summed E-state index contributed by atoms with van der Waals surface area (Å²) in [5.74, 6) is 1.91. The Labute approximate surface area is 132 Å². The highest BCUT2D eigenvalue weighted by Gasteiger charge is 2.08. The minimum atomic E-state index is 0.460. The molecule has 0 N–H and O–H groups in total. The first-order valence-corrected chi connectivity index (χ1v) is 8.04. The van der Waals surface area contributed by atoms with Gasteiger partial charge in [0, 0.05) is 16.1 Å². The molecule has 3 aromatic rings. The number of fused-ring (bicyclic) bond motifs is 1. The normalized spacial score (nSPS) is 10.8. The van der Waals surface area contributed by atoms with Crippen LogP contribution in [-0.2, 0) is 12.5 Å². The van der Waals surface area contributed by atoms with Gasteiger partial charge in [-0.2, -0.15) is 0 Å². The third kappa shape index (κ3) is 2.99. The first-order valence-electron chi connectivity index (χ1n) is 6.62. The topological polar surface area (TPSA) is 18.5 Å². The fourth-order valence-electron chi connectivity index (χ4n) is 2.22. The lowest BCUT2D eigenvalue weighted by Crippen LogP contribution is -1.97. The molecule has 1 heterocycles. The minimum Gasteiger partial charge on any atom is -0.493 e. The van der Waals surface area contributed by atoms with Crippen LogP contribution in [0.3, 0.4) is 0 Å². The predicted molar refractivity (Wildman–Crippen MR) is 88.7 cm³/mol. The Hall–Kier alpha value is -1.71. The number of hydrogen-bond donors (Lipinski definition) is 0. The number of rotatable bonds is 5. The van der Waals surface area contributed by atoms with Crippen molar-refractivity contribution in [2.75, 3.05) is 7.11 Å². The van der Waals surface area contributed by atoms with Gasteiger partial charge in [-0.25, -0.2) is 0 Å². The summed E-state index contributed by atoms with van der Waals surface area (Å²) >= 11 is 7.61. The van der Waals surface area contributed by atoms with E-state index >= 15 is 0 Å². The summed E-state index contributed by atoms with van der Waals surface area (Å²) < 4.78 is 12.6. The van der Waals surface area contributed by atoms with Crippen molar-refractivity contribution >= 4 is 33.0 Å². The Morgan fingerprint density at radius 1 is 1.10 bits per heavy atom. The molecule has 0 fully saturated rings. The molecule has 0 aliphatic rings. The second-order valence-corrected chi connectivity index (χ2v) is 5.84. The largest absolute Gasteiger partial charge is 0.493 e. The van der Waals surface area contributed by atoms with E-state index in [4.69, 9.17) is 21.1 Å². The summed E-state index contributed by atoms with van der Waals surface area (Å²) in [6.45, 7) is 0.520. The highest BCUT2D eigenvalue weighted by atomic mass is 35.5. The van der Waals surface area contributed by atoms with Gasteiger partial charge in [0.1, 0.15) is 6.61 Å². The standard InChI is InChI=1S/C17H15ClO2S/c1-19-15-7-6-12(9-18)8-16(15)20-10-13-11-21-17-5-3-2-4-14(13)17/h2-8,11H,9-10H2,1H3. The van der Waals surface area contributed by atoms with Crippen LogP contribution < -0.4 is 9.47 Å². The van der Waals surface area contributed by atoms with Gasteiger partial charge in [0.05, 0.1) is 7.11 Å². The van der Waals surface area contributed by atoms with Crippen molar-refractivity contribution in [3.05, 3.63) is 59.0 Å². The van der Waals surface area contributed by atoms with Crippen LogP contribution in [0.1, 0.15) is 11.1 Å². The van der Waals surface area contributed by atoms with E-state index in [9.17, 15) is 0 Å². The first kappa shape index (κ1) is 14.2. The Balaban J connectivity index is 1.84. The summed E-state index contributed by atoms with van der Waals surface area (Å²) in [4.78, 5) is 0. The third-order valence-corrected chi connectivity index (χ3v) is 4.65. The molecule has 0 aliphatic carbocycles. The SMILES string of the molecule is COc1ccc(CCl)cc1OCc1csc2ccccc12. The van der Waals surface area contributed by atoms with E-state index in [0.717, 1.165) is 17.1 Å². The lowest BCUT2D eigenvalue weighted by Gasteiger charge is -2.11. The average Bonchev–Trinajstić information content (AvgIpc) is 2.96. The molecular weight excluding hydrogens is 304 g/mol. The molecule has 0 saturated heterocycles. The van der Waals surface area contributed by atoms with E-state index in [0.29, 0.717) is 12.5 Å². The van der Waals surface area contributed by atoms with Crippen LogP contribution in [0.4, 0.5) is 0 Å². The molecule has 0 saturated carbocycles. The number of ether oxygens (including phenoxy) is 2. The van der Waals surface area contributed by atoms with Gasteiger partial charge in [-0.05, 0) is 34.5 Å². The van der Waals surface area contributed by atoms with Gasteiger partial charge in [-0.1, -0.05) is 24.3 Å². The molecule has 21 heavy (non-hydrogen) atoms. The van der Waals surface area contributed by atoms with E-state index in [1.54, 1.807) is 18.4 Å². The summed E-state index contributed by atoms with van der Waals surface area (Å²) in [5, 5.41) is 3.39. The smallest absolute Gasteiger partial charge is 0.161 e. The zero-order valence-corrected chi connectivity index (χ0v) is 13.2. The predicted octanol–water partition coefficient (Wildman–Crippen LogP) is 5.23. The van der Waals surface area contributed by atoms with Gasteiger partial charge >= 0.3 is 0 Å². The minimum absolute atomic E-state index is 0.460. The molecule has 0 bridgehead atoms. The third-order valence-electron chi connectivity index (χ3n) is 3.33. The maximum atomic E-state index is 5.95. The fourth-order valence-corrected chi connectivity index (χ4v) is 3.33. The highest BCUT2D eigenvalue weighted by Crippen LogP contribution is 2.31. The van der Waals surface area contributed by atoms with Crippen molar-refractivity contribution in [2.24, 2.45) is 0 Å². The molecule has 108 valence electrons. The van der Waals surface area contributed by atoms with Gasteiger partial charge < -0.3 is 9.47 Å². The number of halogens is 1. The van der Waals surface area contributed by atoms with Crippen molar-refractivity contribution in [1.29, 1.82) is 0 Å². The lowest BCUT2D eigenvalue weighted by molar-refractivity contribution is 0.286. The molecule has 2 aromatic carbocycles. The van der Waals surface area contributed by atoms with Crippen LogP contribution in [-0.4, -0.2) is 7.11 Å². The number of thiophene rings is 1. The van der Waals surface area contributed by atoms with Gasteiger partial charge in [0.15, 0.2) is 11.5 Å². The molecule has 2 nitrogen and oxygen atoms in total. The van der Waals surface area contributed by atoms with Crippen molar-refractivity contribution in [2.45, 2.75) is 12.5 Å². The van der Waals surface area contributed by atoms with Gasteiger partial charge in [0.2, 0.25) is 0 Å². The number of alkyl halides is 1. The van der Waals surface area contributed by atoms with E-state index in [1.165, 1.54) is 15.6 Å². The maximum absolute atomic E-state index is 5.95. The maximum Gasteiger partial charge on any atom is 0.161 e. The second-order valence-electron chi connectivity index (χ2n) is 4.66. The Kier molecular flexibility index (Phi) is 4.32. The summed E-state index contributed by atoms with van der Waals surface area (Å²) in [5.41, 5.74) is 2.21. The van der Waals surface area contributed by atoms with Crippen LogP contribution in [0.2, 0.25) is 0 Å². The Morgan fingerprint density at radius 3 is 2.76 bits per heavy atom. The van der Waals surface area contributed by atoms with Gasteiger partial charge in [0.25, 0.3) is 0 Å². The van der Waals surface area contributed by atoms with Crippen LogP contribution in [0.5, 0.6) is 11.5 Å². The molecule has 1 aromatic heterocycles. The van der Waals surface area contributed by atoms with Gasteiger partial charge in [-0.15, -0.1) is 22.9 Å². The van der Waals surface area contributed by atoms with E-state index in [1.807, 2.05) is 24.3 Å². The summed E-state index contributed by atoms with van der Waals surface area (Å²) in [6, 6.07) is 14.1. The summed E-state index contributed by atoms with van der Waals surface area (Å²) in [6.07, 6.45) is 0. The molecule has 0 aliphatic heterocycles. The van der Waals surface area contributed by atoms with E-state index in [-0.39, 0.29) is 0 Å². The van der Waals surface area contributed by atoms with Gasteiger partial charge in [-0.3, -0.25) is 0 Å². The van der Waals surface area contributed by atoms with Crippen LogP contribution in [0.25, 0.3) is 10.1 Å². The zero-order chi connectivity index (χ0) is 14.7. The first-order chi connectivity index (χ1) is 10.3. The molecule has 3 rings (SSSR count). The number of methoxy groups -OCH3 is 1. The molecule has 0 radical (unpaired) electrons. The Morgan fingerprint density at radius 2 is 1.95 bits per heavy atom. The van der Waals surface area contributed by atoms with Crippen molar-refractivity contribution in [3.8, 4) is 11.5 Å². The monoisotopic (exact) mass is 318 g/mol. The van der Waals surface area contributed by atoms with Crippen molar-refractivity contribution in [3.63, 3.8) is 0 Å². The van der Waals surface area contributed by atoms with Crippen LogP contribution >= 0.6 is 22.9 Å². The van der Waals surface area contributed by atoms with Crippen molar-refractivity contribution < 1.29 is 9.47 Å². The quantitative estimate of drug-likeness (QED) is 0.600. The molecule has 0 unspecified atom stereocenters. The lowest BCUT2D eigenvalue weighted by atomic mass is 10.2. The van der Waals surface area contributed by atoms with Crippen molar-refractivity contribution in [1.82, 2.24) is 0 Å². The van der Waals surface area contributed by atoms with Crippen LogP contribution in [0, 0.1) is 0 Å². The average molecular weight is 319 g/mol. The number of hydrogen-bond acceptors (Lipinski definition) is 3. The molecule has 0 spiro atoms. The van der Waals surface area contributed by atoms with E-state index in [2.05, 4.69) is 23.6 Å². The zero-order valence-electron chi connectivity index (χ0n) is 11.6. The molecule has 0 atom stereocenters. The highest BCUT2D eigenvalue weighted by molar-refractivity contribution is 7.17. The fraction of sp³-hybridized carbons (Fsp3) is 0.176. The second kappa shape index (κ2) is 6.37.